The van der Waals surface area contributed by atoms with Crippen LogP contribution in [0.2, 0.25) is 0 Å². The van der Waals surface area contributed by atoms with Gasteiger partial charge in [0.05, 0.1) is 11.5 Å². The average Bonchev–Trinajstić information content (AvgIpc) is 3.01. The first-order chi connectivity index (χ1) is 7.57. The molecule has 2 rings (SSSR count). The van der Waals surface area contributed by atoms with Gasteiger partial charge in [0.1, 0.15) is 0 Å². The number of nitrogens with zero attached hydrogens (tertiary/aromatic N) is 1. The smallest absolute Gasteiger partial charge is 0.152 e. The van der Waals surface area contributed by atoms with E-state index in [1.807, 2.05) is 0 Å². The third-order valence-corrected chi connectivity index (χ3v) is 5.18. The second-order valence-corrected chi connectivity index (χ2v) is 7.36. The minimum atomic E-state index is -2.73. The van der Waals surface area contributed by atoms with Crippen LogP contribution in [0.4, 0.5) is 0 Å². The number of rotatable bonds is 5. The zero-order chi connectivity index (χ0) is 11.6. The Kier molecular flexibility index (Phi) is 3.87. The van der Waals surface area contributed by atoms with E-state index in [9.17, 15) is 8.42 Å². The molecule has 1 unspecified atom stereocenters. The van der Waals surface area contributed by atoms with Crippen LogP contribution in [0.15, 0.2) is 0 Å². The van der Waals surface area contributed by atoms with E-state index in [4.69, 9.17) is 0 Å². The fourth-order valence-corrected chi connectivity index (χ4v) is 3.36. The molecule has 0 aromatic carbocycles. The van der Waals surface area contributed by atoms with Crippen molar-refractivity contribution in [3.63, 3.8) is 0 Å². The molecule has 2 fully saturated rings. The number of sulfone groups is 1. The lowest BCUT2D eigenvalue weighted by Gasteiger charge is -2.32. The Morgan fingerprint density at radius 3 is 2.50 bits per heavy atom. The second kappa shape index (κ2) is 5.02. The maximum atomic E-state index is 11.3. The van der Waals surface area contributed by atoms with Gasteiger partial charge in [0.15, 0.2) is 9.84 Å². The topological polar surface area (TPSA) is 49.4 Å². The van der Waals surface area contributed by atoms with Crippen LogP contribution in [0.5, 0.6) is 0 Å². The third kappa shape index (κ3) is 3.71. The molecule has 1 aliphatic heterocycles. The van der Waals surface area contributed by atoms with Crippen molar-refractivity contribution in [1.82, 2.24) is 10.2 Å². The van der Waals surface area contributed by atoms with E-state index in [0.29, 0.717) is 30.6 Å². The molecule has 1 saturated carbocycles. The zero-order valence-corrected chi connectivity index (χ0v) is 10.8. The van der Waals surface area contributed by atoms with Crippen LogP contribution in [0.1, 0.15) is 26.2 Å². The van der Waals surface area contributed by atoms with Crippen LogP contribution in [0.25, 0.3) is 0 Å². The minimum Gasteiger partial charge on any atom is -0.314 e. The van der Waals surface area contributed by atoms with Gasteiger partial charge in [-0.25, -0.2) is 8.42 Å². The Hall–Kier alpha value is -0.130. The van der Waals surface area contributed by atoms with E-state index in [0.717, 1.165) is 19.0 Å². The summed E-state index contributed by atoms with van der Waals surface area (Å²) in [6.45, 7) is 4.70. The predicted molar refractivity (Wildman–Crippen MR) is 65.3 cm³/mol. The van der Waals surface area contributed by atoms with Gasteiger partial charge in [0, 0.05) is 25.2 Å². The van der Waals surface area contributed by atoms with Crippen molar-refractivity contribution in [1.29, 1.82) is 0 Å². The largest absolute Gasteiger partial charge is 0.314 e. The molecule has 1 atom stereocenters. The Labute approximate surface area is 98.3 Å². The Balaban J connectivity index is 1.66. The molecule has 0 radical (unpaired) electrons. The molecule has 0 amide bonds. The summed E-state index contributed by atoms with van der Waals surface area (Å²) < 4.78 is 22.6. The molecule has 0 spiro atoms. The summed E-state index contributed by atoms with van der Waals surface area (Å²) in [5.41, 5.74) is 0. The van der Waals surface area contributed by atoms with E-state index >= 15 is 0 Å². The molecule has 1 saturated heterocycles. The van der Waals surface area contributed by atoms with Crippen molar-refractivity contribution < 1.29 is 8.42 Å². The number of hydrogen-bond donors (Lipinski definition) is 1. The highest BCUT2D eigenvalue weighted by molar-refractivity contribution is 7.91. The molecule has 94 valence electrons. The highest BCUT2D eigenvalue weighted by atomic mass is 32.2. The maximum Gasteiger partial charge on any atom is 0.152 e. The summed E-state index contributed by atoms with van der Waals surface area (Å²) >= 11 is 0. The predicted octanol–water partition coefficient (Wildman–Crippen LogP) is 0.247. The Morgan fingerprint density at radius 2 is 1.94 bits per heavy atom. The molecular weight excluding hydrogens is 224 g/mol. The van der Waals surface area contributed by atoms with Crippen molar-refractivity contribution >= 4 is 9.84 Å². The fraction of sp³-hybridized carbons (Fsp3) is 1.00. The van der Waals surface area contributed by atoms with Gasteiger partial charge in [0.2, 0.25) is 0 Å². The van der Waals surface area contributed by atoms with Crippen molar-refractivity contribution in [2.75, 3.05) is 31.1 Å². The van der Waals surface area contributed by atoms with Gasteiger partial charge >= 0.3 is 0 Å². The number of hydrogen-bond acceptors (Lipinski definition) is 4. The molecule has 0 bridgehead atoms. The molecule has 0 aromatic rings. The number of nitrogens with one attached hydrogen (secondary N) is 1. The van der Waals surface area contributed by atoms with Gasteiger partial charge in [-0.2, -0.15) is 0 Å². The average molecular weight is 246 g/mol. The molecule has 0 aromatic heterocycles. The molecule has 2 aliphatic rings. The lowest BCUT2D eigenvalue weighted by Crippen LogP contribution is -2.45. The van der Waals surface area contributed by atoms with Crippen LogP contribution in [0, 0.1) is 0 Å². The summed E-state index contributed by atoms with van der Waals surface area (Å²) in [5, 5.41) is 3.50. The first kappa shape index (κ1) is 12.3. The van der Waals surface area contributed by atoms with Crippen LogP contribution in [0.3, 0.4) is 0 Å². The zero-order valence-electron chi connectivity index (χ0n) is 9.98. The summed E-state index contributed by atoms with van der Waals surface area (Å²) in [6.07, 6.45) is 3.78. The normalized spacial score (nSPS) is 27.8. The van der Waals surface area contributed by atoms with E-state index in [1.165, 1.54) is 12.8 Å². The third-order valence-electron chi connectivity index (χ3n) is 3.57. The Morgan fingerprint density at radius 1 is 1.31 bits per heavy atom. The second-order valence-electron chi connectivity index (χ2n) is 5.05. The fourth-order valence-electron chi connectivity index (χ4n) is 2.13. The van der Waals surface area contributed by atoms with Crippen LogP contribution in [-0.2, 0) is 9.84 Å². The van der Waals surface area contributed by atoms with Gasteiger partial charge < -0.3 is 5.32 Å². The van der Waals surface area contributed by atoms with Gasteiger partial charge in [-0.15, -0.1) is 0 Å². The van der Waals surface area contributed by atoms with E-state index in [-0.39, 0.29) is 0 Å². The van der Waals surface area contributed by atoms with Crippen molar-refractivity contribution in [3.8, 4) is 0 Å². The minimum absolute atomic E-state index is 0.341. The highest BCUT2D eigenvalue weighted by Crippen LogP contribution is 2.18. The van der Waals surface area contributed by atoms with Crippen molar-refractivity contribution in [2.24, 2.45) is 0 Å². The molecule has 1 N–H and O–H groups in total. The van der Waals surface area contributed by atoms with E-state index < -0.39 is 9.84 Å². The molecule has 1 aliphatic carbocycles. The SMILES string of the molecule is CC(CCNC1CC1)N1CCS(=O)(=O)CC1. The molecule has 1 heterocycles. The molecule has 4 nitrogen and oxygen atoms in total. The van der Waals surface area contributed by atoms with Gasteiger partial charge in [-0.1, -0.05) is 0 Å². The lowest BCUT2D eigenvalue weighted by atomic mass is 10.2. The highest BCUT2D eigenvalue weighted by Gasteiger charge is 2.25. The lowest BCUT2D eigenvalue weighted by molar-refractivity contribution is 0.215. The molecular formula is C11H22N2O2S. The van der Waals surface area contributed by atoms with Gasteiger partial charge in [-0.3, -0.25) is 4.90 Å². The van der Waals surface area contributed by atoms with Crippen molar-refractivity contribution in [3.05, 3.63) is 0 Å². The summed E-state index contributed by atoms with van der Waals surface area (Å²) in [6, 6.07) is 1.27. The standard InChI is InChI=1S/C11H22N2O2S/c1-10(4-5-12-11-2-3-11)13-6-8-16(14,15)9-7-13/h10-12H,2-9H2,1H3. The van der Waals surface area contributed by atoms with E-state index in [2.05, 4.69) is 17.1 Å². The van der Waals surface area contributed by atoms with Crippen LogP contribution < -0.4 is 5.32 Å². The summed E-state index contributed by atoms with van der Waals surface area (Å²) in [7, 11) is -2.73. The Bertz CT molecular complexity index is 311. The van der Waals surface area contributed by atoms with Crippen LogP contribution in [-0.4, -0.2) is 56.5 Å². The van der Waals surface area contributed by atoms with E-state index in [1.54, 1.807) is 0 Å². The maximum absolute atomic E-state index is 11.3. The molecule has 16 heavy (non-hydrogen) atoms. The summed E-state index contributed by atoms with van der Waals surface area (Å²) in [5.74, 6) is 0.681. The quantitative estimate of drug-likeness (QED) is 0.755. The van der Waals surface area contributed by atoms with Gasteiger partial charge in [-0.05, 0) is 32.7 Å². The molecule has 5 heteroatoms. The summed E-state index contributed by atoms with van der Waals surface area (Å²) in [4.78, 5) is 2.30. The first-order valence-electron chi connectivity index (χ1n) is 6.25. The first-order valence-corrected chi connectivity index (χ1v) is 8.07. The van der Waals surface area contributed by atoms with Crippen molar-refractivity contribution in [2.45, 2.75) is 38.3 Å². The monoisotopic (exact) mass is 246 g/mol. The van der Waals surface area contributed by atoms with Gasteiger partial charge in [0.25, 0.3) is 0 Å². The van der Waals surface area contributed by atoms with Crippen LogP contribution >= 0.6 is 0 Å².